The summed E-state index contributed by atoms with van der Waals surface area (Å²) in [6.45, 7) is 1.49. The quantitative estimate of drug-likeness (QED) is 0.837. The van der Waals surface area contributed by atoms with Crippen molar-refractivity contribution in [3.63, 3.8) is 0 Å². The minimum atomic E-state index is -4.19. The fraction of sp³-hybridized carbons (Fsp3) is 0.308. The number of nitrogens with zero attached hydrogens (tertiary/aromatic N) is 1. The number of fused-ring (bicyclic) bond motifs is 1. The summed E-state index contributed by atoms with van der Waals surface area (Å²) in [6.07, 6.45) is -3.48. The summed E-state index contributed by atoms with van der Waals surface area (Å²) >= 11 is 0. The zero-order chi connectivity index (χ0) is 14.0. The van der Waals surface area contributed by atoms with Gasteiger partial charge in [-0.05, 0) is 31.2 Å². The number of nitrogens with one attached hydrogen (secondary N) is 1. The molecular formula is C13H14F3N3. The van der Waals surface area contributed by atoms with Gasteiger partial charge in [-0.1, -0.05) is 0 Å². The first-order valence-corrected chi connectivity index (χ1v) is 5.83. The lowest BCUT2D eigenvalue weighted by Crippen LogP contribution is -2.24. The number of nitrogens with two attached hydrogens (primary N) is 1. The SMILES string of the molecule is CC(CC(F)(F)F)Nc1ccc(N)c2ncccc12. The number of hydrogen-bond acceptors (Lipinski definition) is 3. The van der Waals surface area contributed by atoms with Crippen LogP contribution in [0.1, 0.15) is 13.3 Å². The molecule has 0 spiro atoms. The fourth-order valence-corrected chi connectivity index (χ4v) is 1.98. The molecule has 0 bridgehead atoms. The topological polar surface area (TPSA) is 50.9 Å². The molecule has 1 unspecified atom stereocenters. The van der Waals surface area contributed by atoms with E-state index in [1.54, 1.807) is 30.5 Å². The maximum atomic E-state index is 12.3. The molecule has 0 aliphatic carbocycles. The van der Waals surface area contributed by atoms with Crippen molar-refractivity contribution in [3.8, 4) is 0 Å². The maximum absolute atomic E-state index is 12.3. The summed E-state index contributed by atoms with van der Waals surface area (Å²) in [5.74, 6) is 0. The number of alkyl halides is 3. The van der Waals surface area contributed by atoms with Crippen LogP contribution in [-0.4, -0.2) is 17.2 Å². The summed E-state index contributed by atoms with van der Waals surface area (Å²) in [5, 5.41) is 3.57. The second-order valence-corrected chi connectivity index (χ2v) is 4.47. The number of aromatic nitrogens is 1. The molecule has 0 radical (unpaired) electrons. The molecule has 0 saturated carbocycles. The molecular weight excluding hydrogens is 255 g/mol. The molecule has 3 N–H and O–H groups in total. The Morgan fingerprint density at radius 2 is 2.05 bits per heavy atom. The van der Waals surface area contributed by atoms with Crippen LogP contribution in [0.25, 0.3) is 10.9 Å². The summed E-state index contributed by atoms with van der Waals surface area (Å²) in [7, 11) is 0. The number of rotatable bonds is 3. The Morgan fingerprint density at radius 1 is 1.32 bits per heavy atom. The first-order valence-electron chi connectivity index (χ1n) is 5.83. The molecule has 0 fully saturated rings. The van der Waals surface area contributed by atoms with Crippen molar-refractivity contribution in [2.45, 2.75) is 25.6 Å². The predicted molar refractivity (Wildman–Crippen MR) is 69.9 cm³/mol. The lowest BCUT2D eigenvalue weighted by molar-refractivity contribution is -0.136. The summed E-state index contributed by atoms with van der Waals surface area (Å²) in [5.41, 5.74) is 7.49. The van der Waals surface area contributed by atoms with Crippen LogP contribution in [0.2, 0.25) is 0 Å². The van der Waals surface area contributed by atoms with E-state index in [1.165, 1.54) is 6.92 Å². The van der Waals surface area contributed by atoms with Crippen LogP contribution >= 0.6 is 0 Å². The van der Waals surface area contributed by atoms with Crippen LogP contribution < -0.4 is 11.1 Å². The molecule has 6 heteroatoms. The summed E-state index contributed by atoms with van der Waals surface area (Å²) < 4.78 is 36.9. The van der Waals surface area contributed by atoms with Crippen molar-refractivity contribution >= 4 is 22.3 Å². The number of anilines is 2. The molecule has 0 saturated heterocycles. The third-order valence-corrected chi connectivity index (χ3v) is 2.74. The van der Waals surface area contributed by atoms with Gasteiger partial charge in [0.25, 0.3) is 0 Å². The third-order valence-electron chi connectivity index (χ3n) is 2.74. The Bertz CT molecular complexity index is 581. The van der Waals surface area contributed by atoms with E-state index in [0.29, 0.717) is 16.9 Å². The average Bonchev–Trinajstić information content (AvgIpc) is 2.31. The lowest BCUT2D eigenvalue weighted by Gasteiger charge is -2.18. The van der Waals surface area contributed by atoms with Crippen LogP contribution in [0.15, 0.2) is 30.5 Å². The molecule has 0 amide bonds. The van der Waals surface area contributed by atoms with E-state index < -0.39 is 18.6 Å². The Morgan fingerprint density at radius 3 is 2.74 bits per heavy atom. The van der Waals surface area contributed by atoms with E-state index in [0.717, 1.165) is 5.39 Å². The number of halogens is 3. The van der Waals surface area contributed by atoms with E-state index in [4.69, 9.17) is 5.73 Å². The van der Waals surface area contributed by atoms with Crippen molar-refractivity contribution < 1.29 is 13.2 Å². The van der Waals surface area contributed by atoms with E-state index in [1.807, 2.05) is 0 Å². The van der Waals surface area contributed by atoms with Crippen molar-refractivity contribution in [1.82, 2.24) is 4.98 Å². The Labute approximate surface area is 108 Å². The molecule has 2 rings (SSSR count). The van der Waals surface area contributed by atoms with Gasteiger partial charge in [-0.2, -0.15) is 13.2 Å². The highest BCUT2D eigenvalue weighted by Crippen LogP contribution is 2.29. The van der Waals surface area contributed by atoms with Gasteiger partial charge in [0.2, 0.25) is 0 Å². The largest absolute Gasteiger partial charge is 0.397 e. The summed E-state index contributed by atoms with van der Waals surface area (Å²) in [6, 6.07) is 6.10. The van der Waals surface area contributed by atoms with Crippen LogP contribution in [0.5, 0.6) is 0 Å². The van der Waals surface area contributed by atoms with Gasteiger partial charge in [0.05, 0.1) is 17.6 Å². The second-order valence-electron chi connectivity index (χ2n) is 4.47. The van der Waals surface area contributed by atoms with Crippen LogP contribution in [-0.2, 0) is 0 Å². The van der Waals surface area contributed by atoms with Crippen LogP contribution in [0.4, 0.5) is 24.5 Å². The highest BCUT2D eigenvalue weighted by atomic mass is 19.4. The fourth-order valence-electron chi connectivity index (χ4n) is 1.98. The van der Waals surface area contributed by atoms with Crippen molar-refractivity contribution in [1.29, 1.82) is 0 Å². The molecule has 0 aliphatic rings. The molecule has 1 aromatic carbocycles. The van der Waals surface area contributed by atoms with Crippen molar-refractivity contribution in [2.24, 2.45) is 0 Å². The maximum Gasteiger partial charge on any atom is 0.391 e. The molecule has 1 aromatic heterocycles. The third kappa shape index (κ3) is 3.27. The number of nitrogen functional groups attached to an aromatic ring is 1. The summed E-state index contributed by atoms with van der Waals surface area (Å²) in [4.78, 5) is 4.14. The molecule has 3 nitrogen and oxygen atoms in total. The van der Waals surface area contributed by atoms with E-state index >= 15 is 0 Å². The first-order chi connectivity index (χ1) is 8.87. The van der Waals surface area contributed by atoms with Gasteiger partial charge in [0.1, 0.15) is 0 Å². The molecule has 1 heterocycles. The van der Waals surface area contributed by atoms with Gasteiger partial charge in [0, 0.05) is 23.3 Å². The average molecular weight is 269 g/mol. The number of benzene rings is 1. The first kappa shape index (κ1) is 13.5. The smallest absolute Gasteiger partial charge is 0.391 e. The van der Waals surface area contributed by atoms with Gasteiger partial charge in [-0.3, -0.25) is 4.98 Å². The second kappa shape index (κ2) is 4.95. The highest BCUT2D eigenvalue weighted by Gasteiger charge is 2.30. The lowest BCUT2D eigenvalue weighted by atomic mass is 10.1. The van der Waals surface area contributed by atoms with Crippen molar-refractivity contribution in [2.75, 3.05) is 11.1 Å². The van der Waals surface area contributed by atoms with Gasteiger partial charge < -0.3 is 11.1 Å². The molecule has 1 atom stereocenters. The van der Waals surface area contributed by atoms with E-state index in [-0.39, 0.29) is 0 Å². The monoisotopic (exact) mass is 269 g/mol. The standard InChI is InChI=1S/C13H14F3N3/c1-8(7-13(14,15)16)19-11-5-4-10(17)12-9(11)3-2-6-18-12/h2-6,8,19H,7,17H2,1H3. The minimum Gasteiger partial charge on any atom is -0.397 e. The Kier molecular flexibility index (Phi) is 3.50. The van der Waals surface area contributed by atoms with Gasteiger partial charge in [0.15, 0.2) is 0 Å². The van der Waals surface area contributed by atoms with Crippen molar-refractivity contribution in [3.05, 3.63) is 30.5 Å². The van der Waals surface area contributed by atoms with Gasteiger partial charge in [-0.15, -0.1) is 0 Å². The Balaban J connectivity index is 2.29. The zero-order valence-corrected chi connectivity index (χ0v) is 10.3. The highest BCUT2D eigenvalue weighted by molar-refractivity contribution is 5.98. The number of hydrogen-bond donors (Lipinski definition) is 2. The molecule has 102 valence electrons. The molecule has 19 heavy (non-hydrogen) atoms. The molecule has 0 aliphatic heterocycles. The minimum absolute atomic E-state index is 0.504. The van der Waals surface area contributed by atoms with E-state index in [9.17, 15) is 13.2 Å². The predicted octanol–water partition coefficient (Wildman–Crippen LogP) is 3.57. The van der Waals surface area contributed by atoms with E-state index in [2.05, 4.69) is 10.3 Å². The number of pyridine rings is 1. The zero-order valence-electron chi connectivity index (χ0n) is 10.3. The van der Waals surface area contributed by atoms with Crippen LogP contribution in [0, 0.1) is 0 Å². The molecule has 2 aromatic rings. The Hall–Kier alpha value is -1.98. The van der Waals surface area contributed by atoms with Gasteiger partial charge >= 0.3 is 6.18 Å². The van der Waals surface area contributed by atoms with Gasteiger partial charge in [-0.25, -0.2) is 0 Å². The normalized spacial score (nSPS) is 13.5. The van der Waals surface area contributed by atoms with Crippen LogP contribution in [0.3, 0.4) is 0 Å².